The highest BCUT2D eigenvalue weighted by Gasteiger charge is 2.61. The summed E-state index contributed by atoms with van der Waals surface area (Å²) in [5.74, 6) is -1.75. The number of anilines is 1. The molecule has 5 rings (SSSR count). The van der Waals surface area contributed by atoms with Gasteiger partial charge in [-0.2, -0.15) is 5.26 Å². The number of rotatable bonds is 6. The molecule has 3 aromatic carbocycles. The van der Waals surface area contributed by atoms with Gasteiger partial charge in [-0.1, -0.05) is 62.2 Å². The Bertz CT molecular complexity index is 1620. The Balaban J connectivity index is 1.73. The fraction of sp³-hybridized carbons (Fsp3) is 0.323. The zero-order valence-corrected chi connectivity index (χ0v) is 25.3. The number of ether oxygens (including phenoxy) is 1. The first kappa shape index (κ1) is 29.4. The van der Waals surface area contributed by atoms with Crippen molar-refractivity contribution < 1.29 is 19.0 Å². The summed E-state index contributed by atoms with van der Waals surface area (Å²) >= 11 is 12.9. The second-order valence-corrected chi connectivity index (χ2v) is 13.6. The lowest BCUT2D eigenvalue weighted by Crippen LogP contribution is -2.45. The number of carboxylic acid groups (broad SMARTS) is 1. The summed E-state index contributed by atoms with van der Waals surface area (Å²) in [6.07, 6.45) is 0.590. The fourth-order valence-electron chi connectivity index (χ4n) is 6.07. The van der Waals surface area contributed by atoms with Crippen LogP contribution in [0.4, 0.5) is 10.1 Å². The van der Waals surface area contributed by atoms with Gasteiger partial charge in [0.15, 0.2) is 0 Å². The average molecular weight is 612 g/mol. The Morgan fingerprint density at radius 2 is 1.98 bits per heavy atom. The average Bonchev–Trinajstić information content (AvgIpc) is 3.23. The monoisotopic (exact) mass is 611 g/mol. The summed E-state index contributed by atoms with van der Waals surface area (Å²) in [5.41, 5.74) is 1.13. The summed E-state index contributed by atoms with van der Waals surface area (Å²) in [4.78, 5) is 11.6. The Labute approximate surface area is 250 Å². The minimum atomic E-state index is -1.30. The smallest absolute Gasteiger partial charge is 0.335 e. The van der Waals surface area contributed by atoms with Gasteiger partial charge in [0.1, 0.15) is 17.0 Å². The molecular formula is C31H29Cl2FN3O3P. The predicted octanol–water partition coefficient (Wildman–Crippen LogP) is 6.99. The number of hydrogen-bond acceptors (Lipinski definition) is 5. The zero-order valence-electron chi connectivity index (χ0n) is 22.9. The van der Waals surface area contributed by atoms with Crippen molar-refractivity contribution in [2.24, 2.45) is 5.41 Å². The fourth-order valence-corrected chi connectivity index (χ4v) is 7.84. The summed E-state index contributed by atoms with van der Waals surface area (Å²) in [5, 5.41) is 29.3. The normalized spacial score (nSPS) is 23.6. The van der Waals surface area contributed by atoms with Crippen LogP contribution in [0.2, 0.25) is 10.0 Å². The van der Waals surface area contributed by atoms with Gasteiger partial charge in [-0.15, -0.1) is 0 Å². The van der Waals surface area contributed by atoms with Crippen molar-refractivity contribution in [1.82, 2.24) is 5.32 Å². The molecule has 0 aliphatic carbocycles. The van der Waals surface area contributed by atoms with Gasteiger partial charge in [-0.25, -0.2) is 9.18 Å². The number of carboxylic acids is 1. The first-order valence-corrected chi connectivity index (χ1v) is 14.7. The van der Waals surface area contributed by atoms with E-state index in [1.54, 1.807) is 24.3 Å². The molecule has 6 nitrogen and oxygen atoms in total. The molecule has 4 atom stereocenters. The minimum absolute atomic E-state index is 0.0933. The maximum atomic E-state index is 15.8. The maximum absolute atomic E-state index is 15.8. The van der Waals surface area contributed by atoms with Crippen molar-refractivity contribution in [3.05, 3.63) is 87.2 Å². The van der Waals surface area contributed by atoms with E-state index in [4.69, 9.17) is 27.9 Å². The van der Waals surface area contributed by atoms with E-state index in [0.29, 0.717) is 22.9 Å². The van der Waals surface area contributed by atoms with Crippen molar-refractivity contribution in [1.29, 1.82) is 5.26 Å². The zero-order chi connectivity index (χ0) is 29.7. The van der Waals surface area contributed by atoms with E-state index in [1.807, 2.05) is 12.1 Å². The van der Waals surface area contributed by atoms with Gasteiger partial charge >= 0.3 is 5.97 Å². The van der Waals surface area contributed by atoms with Crippen LogP contribution in [0, 0.1) is 22.6 Å². The number of carbonyl (C=O) groups is 1. The first-order valence-electron chi connectivity index (χ1n) is 13.1. The van der Waals surface area contributed by atoms with Crippen molar-refractivity contribution >= 4 is 53.8 Å². The largest absolute Gasteiger partial charge is 0.495 e. The van der Waals surface area contributed by atoms with Gasteiger partial charge in [0.25, 0.3) is 0 Å². The van der Waals surface area contributed by atoms with Gasteiger partial charge in [-0.05, 0) is 62.0 Å². The summed E-state index contributed by atoms with van der Waals surface area (Å²) < 4.78 is 21.3. The Morgan fingerprint density at radius 3 is 2.61 bits per heavy atom. The molecule has 0 bridgehead atoms. The first-order chi connectivity index (χ1) is 19.4. The molecule has 1 saturated heterocycles. The highest BCUT2D eigenvalue weighted by atomic mass is 35.5. The van der Waals surface area contributed by atoms with E-state index in [1.165, 1.54) is 25.3 Å². The van der Waals surface area contributed by atoms with Crippen molar-refractivity contribution in [2.75, 3.05) is 12.4 Å². The molecule has 0 unspecified atom stereocenters. The lowest BCUT2D eigenvalue weighted by Gasteiger charge is -2.39. The van der Waals surface area contributed by atoms with E-state index in [9.17, 15) is 15.2 Å². The molecule has 41 heavy (non-hydrogen) atoms. The topological polar surface area (TPSA) is 94.4 Å². The number of nitrogens with one attached hydrogen (secondary N) is 2. The van der Waals surface area contributed by atoms with E-state index in [0.717, 1.165) is 24.5 Å². The Hall–Kier alpha value is -3.14. The molecule has 0 radical (unpaired) electrons. The van der Waals surface area contributed by atoms with Crippen LogP contribution in [0.15, 0.2) is 54.6 Å². The molecule has 2 aliphatic rings. The lowest BCUT2D eigenvalue weighted by atomic mass is 9.62. The Morgan fingerprint density at radius 1 is 1.22 bits per heavy atom. The van der Waals surface area contributed by atoms with Crippen LogP contribution in [-0.4, -0.2) is 35.7 Å². The van der Waals surface area contributed by atoms with Crippen LogP contribution in [-0.2, 0) is 5.41 Å². The molecular weight excluding hydrogens is 583 g/mol. The lowest BCUT2D eigenvalue weighted by molar-refractivity contribution is 0.0696. The van der Waals surface area contributed by atoms with Gasteiger partial charge in [-0.3, -0.25) is 0 Å². The van der Waals surface area contributed by atoms with Gasteiger partial charge in [0.2, 0.25) is 0 Å². The van der Waals surface area contributed by atoms with E-state index in [-0.39, 0.29) is 21.6 Å². The number of halogens is 3. The van der Waals surface area contributed by atoms with Crippen molar-refractivity contribution in [3.8, 4) is 11.8 Å². The molecule has 10 heteroatoms. The van der Waals surface area contributed by atoms with E-state index >= 15 is 4.39 Å². The van der Waals surface area contributed by atoms with Crippen LogP contribution < -0.4 is 20.7 Å². The van der Waals surface area contributed by atoms with Crippen molar-refractivity contribution in [2.45, 2.75) is 50.6 Å². The van der Waals surface area contributed by atoms with Gasteiger partial charge in [0, 0.05) is 27.9 Å². The van der Waals surface area contributed by atoms with E-state index < -0.39 is 35.2 Å². The van der Waals surface area contributed by atoms with Gasteiger partial charge < -0.3 is 20.5 Å². The number of hydrogen-bond donors (Lipinski definition) is 3. The van der Waals surface area contributed by atoms with Crippen LogP contribution >= 0.6 is 31.4 Å². The van der Waals surface area contributed by atoms with Crippen LogP contribution in [0.3, 0.4) is 0 Å². The molecule has 1 fully saturated rings. The molecule has 2 aliphatic heterocycles. The maximum Gasteiger partial charge on any atom is 0.335 e. The SMILES string of the molecule is COc1cc(C(=O)O)ccc1NC1=Pc2c(Cl)cccc2[C@H]2[C@H]1N[C@@H](CC(C)(C)C)[C@]2(C#N)c1ccc(Cl)cc1F. The summed E-state index contributed by atoms with van der Waals surface area (Å²) in [7, 11) is 2.25. The minimum Gasteiger partial charge on any atom is -0.495 e. The molecule has 3 aromatic rings. The molecule has 0 spiro atoms. The molecule has 3 N–H and O–H groups in total. The van der Waals surface area contributed by atoms with E-state index in [2.05, 4.69) is 37.5 Å². The third-order valence-corrected chi connectivity index (χ3v) is 9.76. The molecule has 0 saturated carbocycles. The molecule has 0 aromatic heterocycles. The molecule has 0 amide bonds. The predicted molar refractivity (Wildman–Crippen MR) is 163 cm³/mol. The number of methoxy groups -OCH3 is 1. The standard InChI is InChI=1S/C31H29Cl2FN3O3P/c1-30(2,3)14-24-31(15-35,19-10-9-17(32)13-21(19)34)25-18-6-5-7-20(33)27(18)41-28(26(25)37-24)36-22-11-8-16(29(38)39)12-23(22)40-4/h5-13,24-26,36-37H,14H2,1-4H3,(H,38,39)/t24-,25-,26+,31-/m0/s1. The summed E-state index contributed by atoms with van der Waals surface area (Å²) in [6.45, 7) is 6.29. The number of nitriles is 1. The van der Waals surface area contributed by atoms with Crippen LogP contribution in [0.1, 0.15) is 54.6 Å². The quantitative estimate of drug-likeness (QED) is 0.260. The van der Waals surface area contributed by atoms with Crippen LogP contribution in [0.25, 0.3) is 0 Å². The van der Waals surface area contributed by atoms with Crippen molar-refractivity contribution in [3.63, 3.8) is 0 Å². The number of fused-ring (bicyclic) bond motifs is 3. The van der Waals surface area contributed by atoms with Crippen LogP contribution in [0.5, 0.6) is 5.75 Å². The molecule has 212 valence electrons. The summed E-state index contributed by atoms with van der Waals surface area (Å²) in [6, 6.07) is 16.5. The second kappa shape index (κ2) is 10.9. The second-order valence-electron chi connectivity index (χ2n) is 11.6. The number of nitrogens with zero attached hydrogens (tertiary/aromatic N) is 1. The Kier molecular flexibility index (Phi) is 7.82. The highest BCUT2D eigenvalue weighted by Crippen LogP contribution is 2.54. The number of benzene rings is 3. The third-order valence-electron chi connectivity index (χ3n) is 7.72. The third kappa shape index (κ3) is 5.19. The molecule has 2 heterocycles. The highest BCUT2D eigenvalue weighted by molar-refractivity contribution is 7.50. The van der Waals surface area contributed by atoms with Gasteiger partial charge in [0.05, 0.1) is 40.9 Å². The number of aromatic carboxylic acids is 1.